The molecule has 1 saturated heterocycles. The minimum atomic E-state index is -4.78. The van der Waals surface area contributed by atoms with Crippen molar-refractivity contribution in [1.82, 2.24) is 4.90 Å². The standard InChI is InChI=1S/C17H20F3NO3/c1-21-8-7-16(6-5-12(22)10-15(16)21)11-3-4-13(23-2)14(9-11)24-17(18,19)20/h3-4,9,15H,5-8,10H2,1-2H3/t15-,16-/m1/s1. The molecule has 132 valence electrons. The number of benzene rings is 1. The molecule has 1 heterocycles. The van der Waals surface area contributed by atoms with E-state index in [-0.39, 0.29) is 28.7 Å². The van der Waals surface area contributed by atoms with Crippen molar-refractivity contribution >= 4 is 5.78 Å². The fourth-order valence-electron chi connectivity index (χ4n) is 4.12. The monoisotopic (exact) mass is 343 g/mol. The zero-order valence-corrected chi connectivity index (χ0v) is 13.7. The Morgan fingerprint density at radius 1 is 1.25 bits per heavy atom. The molecule has 0 bridgehead atoms. The average Bonchev–Trinajstić information content (AvgIpc) is 2.84. The van der Waals surface area contributed by atoms with E-state index in [1.54, 1.807) is 6.07 Å². The average molecular weight is 343 g/mol. The predicted molar refractivity (Wildman–Crippen MR) is 81.2 cm³/mol. The Bertz CT molecular complexity index is 646. The Hall–Kier alpha value is -1.76. The number of carbonyl (C=O) groups excluding carboxylic acids is 1. The molecule has 0 spiro atoms. The Labute approximate surface area is 138 Å². The second-order valence-corrected chi connectivity index (χ2v) is 6.56. The summed E-state index contributed by atoms with van der Waals surface area (Å²) in [5, 5.41) is 0. The SMILES string of the molecule is COc1ccc([C@]23CCC(=O)C[C@H]2N(C)CC3)cc1OC(F)(F)F. The maximum Gasteiger partial charge on any atom is 0.573 e. The third-order valence-corrected chi connectivity index (χ3v) is 5.32. The molecule has 1 aromatic carbocycles. The first-order chi connectivity index (χ1) is 11.2. The third kappa shape index (κ3) is 2.97. The van der Waals surface area contributed by atoms with Crippen LogP contribution < -0.4 is 9.47 Å². The topological polar surface area (TPSA) is 38.8 Å². The third-order valence-electron chi connectivity index (χ3n) is 5.32. The summed E-state index contributed by atoms with van der Waals surface area (Å²) in [6, 6.07) is 4.75. The summed E-state index contributed by atoms with van der Waals surface area (Å²) in [7, 11) is 3.27. The maximum absolute atomic E-state index is 12.7. The number of likely N-dealkylation sites (tertiary alicyclic amines) is 1. The summed E-state index contributed by atoms with van der Waals surface area (Å²) in [6.45, 7) is 0.819. The molecule has 0 aromatic heterocycles. The first-order valence-corrected chi connectivity index (χ1v) is 7.91. The highest BCUT2D eigenvalue weighted by Crippen LogP contribution is 2.49. The van der Waals surface area contributed by atoms with Crippen LogP contribution in [-0.2, 0) is 10.2 Å². The Morgan fingerprint density at radius 3 is 2.67 bits per heavy atom. The molecular weight excluding hydrogens is 323 g/mol. The summed E-state index contributed by atoms with van der Waals surface area (Å²) >= 11 is 0. The smallest absolute Gasteiger partial charge is 0.493 e. The summed E-state index contributed by atoms with van der Waals surface area (Å²) in [5.74, 6) is -0.0750. The van der Waals surface area contributed by atoms with E-state index in [0.29, 0.717) is 19.3 Å². The van der Waals surface area contributed by atoms with Gasteiger partial charge in [0.15, 0.2) is 11.5 Å². The number of ether oxygens (including phenoxy) is 2. The van der Waals surface area contributed by atoms with Gasteiger partial charge in [-0.05, 0) is 44.1 Å². The summed E-state index contributed by atoms with van der Waals surface area (Å²) in [6.07, 6.45) is -2.40. The van der Waals surface area contributed by atoms with E-state index >= 15 is 0 Å². The number of likely N-dealkylation sites (N-methyl/N-ethyl adjacent to an activating group) is 1. The molecule has 0 radical (unpaired) electrons. The number of Topliss-reactive ketones (excluding diaryl/α,β-unsaturated/α-hetero) is 1. The normalized spacial score (nSPS) is 27.9. The molecule has 0 N–H and O–H groups in total. The molecule has 1 saturated carbocycles. The van der Waals surface area contributed by atoms with Crippen LogP contribution in [0.4, 0.5) is 13.2 Å². The van der Waals surface area contributed by atoms with Gasteiger partial charge in [0.05, 0.1) is 7.11 Å². The van der Waals surface area contributed by atoms with Crippen LogP contribution in [0.15, 0.2) is 18.2 Å². The molecule has 3 rings (SSSR count). The fourth-order valence-corrected chi connectivity index (χ4v) is 4.12. The minimum absolute atomic E-state index is 0.0193. The van der Waals surface area contributed by atoms with Gasteiger partial charge in [-0.2, -0.15) is 0 Å². The largest absolute Gasteiger partial charge is 0.573 e. The van der Waals surface area contributed by atoms with Gasteiger partial charge in [-0.15, -0.1) is 13.2 Å². The van der Waals surface area contributed by atoms with Crippen LogP contribution in [0, 0.1) is 0 Å². The van der Waals surface area contributed by atoms with Gasteiger partial charge in [0.2, 0.25) is 0 Å². The van der Waals surface area contributed by atoms with Gasteiger partial charge in [-0.3, -0.25) is 4.79 Å². The number of methoxy groups -OCH3 is 1. The zero-order chi connectivity index (χ0) is 17.5. The summed E-state index contributed by atoms with van der Waals surface area (Å²) in [5.41, 5.74) is 0.475. The van der Waals surface area contributed by atoms with E-state index in [0.717, 1.165) is 18.5 Å². The van der Waals surface area contributed by atoms with Crippen molar-refractivity contribution < 1.29 is 27.4 Å². The minimum Gasteiger partial charge on any atom is -0.493 e. The predicted octanol–water partition coefficient (Wildman–Crippen LogP) is 3.29. The van der Waals surface area contributed by atoms with E-state index in [1.807, 2.05) is 7.05 Å². The molecule has 1 aliphatic carbocycles. The Morgan fingerprint density at radius 2 is 2.00 bits per heavy atom. The lowest BCUT2D eigenvalue weighted by Gasteiger charge is -2.41. The van der Waals surface area contributed by atoms with Crippen LogP contribution in [0.3, 0.4) is 0 Å². The summed E-state index contributed by atoms with van der Waals surface area (Å²) in [4.78, 5) is 14.0. The second-order valence-electron chi connectivity index (χ2n) is 6.56. The molecular formula is C17H20F3NO3. The molecule has 24 heavy (non-hydrogen) atoms. The van der Waals surface area contributed by atoms with Crippen molar-refractivity contribution in [3.63, 3.8) is 0 Å². The lowest BCUT2D eigenvalue weighted by molar-refractivity contribution is -0.275. The maximum atomic E-state index is 12.7. The van der Waals surface area contributed by atoms with E-state index in [2.05, 4.69) is 9.64 Å². The number of hydrogen-bond acceptors (Lipinski definition) is 4. The van der Waals surface area contributed by atoms with Gasteiger partial charge < -0.3 is 14.4 Å². The highest BCUT2D eigenvalue weighted by atomic mass is 19.4. The van der Waals surface area contributed by atoms with Crippen molar-refractivity contribution in [3.8, 4) is 11.5 Å². The quantitative estimate of drug-likeness (QED) is 0.844. The first kappa shape index (κ1) is 17.1. The number of carbonyl (C=O) groups is 1. The van der Waals surface area contributed by atoms with Crippen LogP contribution >= 0.6 is 0 Å². The second kappa shape index (κ2) is 5.95. The van der Waals surface area contributed by atoms with Crippen LogP contribution in [0.1, 0.15) is 31.2 Å². The van der Waals surface area contributed by atoms with Gasteiger partial charge in [0.25, 0.3) is 0 Å². The lowest BCUT2D eigenvalue weighted by Crippen LogP contribution is -2.46. The van der Waals surface area contributed by atoms with E-state index in [9.17, 15) is 18.0 Å². The molecule has 2 atom stereocenters. The fraction of sp³-hybridized carbons (Fsp3) is 0.588. The lowest BCUT2D eigenvalue weighted by atomic mass is 9.66. The Kier molecular flexibility index (Phi) is 4.23. The van der Waals surface area contributed by atoms with Crippen molar-refractivity contribution in [3.05, 3.63) is 23.8 Å². The van der Waals surface area contributed by atoms with E-state index < -0.39 is 6.36 Å². The van der Waals surface area contributed by atoms with Crippen LogP contribution in [0.25, 0.3) is 0 Å². The number of halogens is 3. The number of alkyl halides is 3. The van der Waals surface area contributed by atoms with E-state index in [4.69, 9.17) is 4.74 Å². The van der Waals surface area contributed by atoms with Crippen LogP contribution in [0.5, 0.6) is 11.5 Å². The number of ketones is 1. The number of fused-ring (bicyclic) bond motifs is 1. The van der Waals surface area contributed by atoms with Crippen molar-refractivity contribution in [2.24, 2.45) is 0 Å². The van der Waals surface area contributed by atoms with Gasteiger partial charge >= 0.3 is 6.36 Å². The molecule has 2 aliphatic rings. The van der Waals surface area contributed by atoms with Crippen molar-refractivity contribution in [2.75, 3.05) is 20.7 Å². The molecule has 7 heteroatoms. The van der Waals surface area contributed by atoms with Gasteiger partial charge in [-0.1, -0.05) is 6.07 Å². The highest BCUT2D eigenvalue weighted by molar-refractivity contribution is 5.81. The number of hydrogen-bond donors (Lipinski definition) is 0. The molecule has 1 aromatic rings. The first-order valence-electron chi connectivity index (χ1n) is 7.91. The molecule has 0 amide bonds. The molecule has 0 unspecified atom stereocenters. The number of nitrogens with zero attached hydrogens (tertiary/aromatic N) is 1. The van der Waals surface area contributed by atoms with Crippen molar-refractivity contribution in [2.45, 2.75) is 43.5 Å². The Balaban J connectivity index is 2.02. The molecule has 4 nitrogen and oxygen atoms in total. The number of rotatable bonds is 3. The zero-order valence-electron chi connectivity index (χ0n) is 13.7. The van der Waals surface area contributed by atoms with Gasteiger partial charge in [-0.25, -0.2) is 0 Å². The summed E-state index contributed by atoms with van der Waals surface area (Å²) < 4.78 is 47.2. The van der Waals surface area contributed by atoms with Crippen LogP contribution in [0.2, 0.25) is 0 Å². The van der Waals surface area contributed by atoms with E-state index in [1.165, 1.54) is 19.2 Å². The van der Waals surface area contributed by atoms with Crippen molar-refractivity contribution in [1.29, 1.82) is 0 Å². The van der Waals surface area contributed by atoms with Crippen LogP contribution in [-0.4, -0.2) is 43.8 Å². The molecule has 2 fully saturated rings. The highest BCUT2D eigenvalue weighted by Gasteiger charge is 2.50. The van der Waals surface area contributed by atoms with Gasteiger partial charge in [0.1, 0.15) is 5.78 Å². The van der Waals surface area contributed by atoms with Gasteiger partial charge in [0, 0.05) is 24.3 Å². The molecule has 1 aliphatic heterocycles.